The highest BCUT2D eigenvalue weighted by Gasteiger charge is 2.21. The van der Waals surface area contributed by atoms with Crippen molar-refractivity contribution in [3.05, 3.63) is 51.9 Å². The monoisotopic (exact) mass is 302 g/mol. The SMILES string of the molecule is CCC(CC)Cc1c(CO)c(=O)n(-c2ccccc2)n1CC. The second-order valence-corrected chi connectivity index (χ2v) is 5.64. The summed E-state index contributed by atoms with van der Waals surface area (Å²) in [5.41, 5.74) is 2.27. The molecule has 0 spiro atoms. The van der Waals surface area contributed by atoms with Crippen LogP contribution >= 0.6 is 0 Å². The van der Waals surface area contributed by atoms with Gasteiger partial charge in [0.15, 0.2) is 0 Å². The fourth-order valence-electron chi connectivity index (χ4n) is 3.03. The standard InChI is InChI=1S/C18H26N2O2/c1-4-14(5-2)12-17-16(13-21)18(22)20(19(17)6-3)15-10-8-7-9-11-15/h7-11,14,21H,4-6,12-13H2,1-3H3. The molecule has 0 unspecified atom stereocenters. The molecule has 0 amide bonds. The predicted molar refractivity (Wildman–Crippen MR) is 89.4 cm³/mol. The molecule has 0 aliphatic carbocycles. The molecule has 1 aromatic carbocycles. The van der Waals surface area contributed by atoms with E-state index in [-0.39, 0.29) is 12.2 Å². The van der Waals surface area contributed by atoms with Crippen LogP contribution in [0, 0.1) is 5.92 Å². The van der Waals surface area contributed by atoms with E-state index in [0.29, 0.717) is 18.0 Å². The van der Waals surface area contributed by atoms with Gasteiger partial charge in [-0.3, -0.25) is 9.48 Å². The van der Waals surface area contributed by atoms with Crippen molar-refractivity contribution < 1.29 is 5.11 Å². The quantitative estimate of drug-likeness (QED) is 0.854. The third-order valence-corrected chi connectivity index (χ3v) is 4.45. The van der Waals surface area contributed by atoms with Crippen molar-refractivity contribution in [2.24, 2.45) is 5.92 Å². The molecule has 0 bridgehead atoms. The normalized spacial score (nSPS) is 11.3. The molecular weight excluding hydrogens is 276 g/mol. The van der Waals surface area contributed by atoms with E-state index in [9.17, 15) is 9.90 Å². The second kappa shape index (κ2) is 7.45. The maximum absolute atomic E-state index is 12.7. The van der Waals surface area contributed by atoms with Crippen LogP contribution in [0.15, 0.2) is 35.1 Å². The molecule has 1 aromatic heterocycles. The average Bonchev–Trinajstić information content (AvgIpc) is 2.83. The lowest BCUT2D eigenvalue weighted by Gasteiger charge is -2.17. The minimum atomic E-state index is -0.200. The summed E-state index contributed by atoms with van der Waals surface area (Å²) in [5.74, 6) is 0.536. The van der Waals surface area contributed by atoms with Crippen LogP contribution in [-0.4, -0.2) is 14.5 Å². The van der Waals surface area contributed by atoms with Crippen LogP contribution in [0.3, 0.4) is 0 Å². The van der Waals surface area contributed by atoms with Gasteiger partial charge in [-0.1, -0.05) is 44.9 Å². The second-order valence-electron chi connectivity index (χ2n) is 5.64. The van der Waals surface area contributed by atoms with Gasteiger partial charge < -0.3 is 5.11 Å². The average molecular weight is 302 g/mol. The molecule has 0 aliphatic rings. The van der Waals surface area contributed by atoms with E-state index in [1.165, 1.54) is 0 Å². The lowest BCUT2D eigenvalue weighted by molar-refractivity contribution is 0.278. The third kappa shape index (κ3) is 3.02. The number of aromatic nitrogens is 2. The molecule has 2 rings (SSSR count). The molecule has 2 aromatic rings. The Kier molecular flexibility index (Phi) is 5.61. The molecule has 0 aliphatic heterocycles. The first-order chi connectivity index (χ1) is 10.7. The summed E-state index contributed by atoms with van der Waals surface area (Å²) in [5, 5.41) is 9.71. The Morgan fingerprint density at radius 2 is 1.73 bits per heavy atom. The summed E-state index contributed by atoms with van der Waals surface area (Å²) in [7, 11) is 0. The van der Waals surface area contributed by atoms with E-state index < -0.39 is 0 Å². The van der Waals surface area contributed by atoms with Gasteiger partial charge in [-0.15, -0.1) is 0 Å². The number of hydrogen-bond acceptors (Lipinski definition) is 2. The van der Waals surface area contributed by atoms with Gasteiger partial charge in [0.05, 0.1) is 17.9 Å². The van der Waals surface area contributed by atoms with Gasteiger partial charge in [-0.2, -0.15) is 0 Å². The Balaban J connectivity index is 2.61. The summed E-state index contributed by atoms with van der Waals surface area (Å²) in [6, 6.07) is 9.64. The molecule has 0 saturated carbocycles. The number of aliphatic hydroxyl groups excluding tert-OH is 1. The Bertz CT molecular complexity index is 652. The first-order valence-corrected chi connectivity index (χ1v) is 8.17. The van der Waals surface area contributed by atoms with E-state index in [4.69, 9.17) is 0 Å². The van der Waals surface area contributed by atoms with E-state index in [0.717, 1.165) is 30.6 Å². The van der Waals surface area contributed by atoms with Crippen molar-refractivity contribution in [3.63, 3.8) is 0 Å². The zero-order chi connectivity index (χ0) is 16.1. The van der Waals surface area contributed by atoms with Gasteiger partial charge >= 0.3 is 0 Å². The number of benzene rings is 1. The fourth-order valence-corrected chi connectivity index (χ4v) is 3.03. The van der Waals surface area contributed by atoms with Crippen molar-refractivity contribution >= 4 is 0 Å². The van der Waals surface area contributed by atoms with Gasteiger partial charge in [0, 0.05) is 12.2 Å². The van der Waals surface area contributed by atoms with Crippen molar-refractivity contribution in [3.8, 4) is 5.69 Å². The maximum Gasteiger partial charge on any atom is 0.277 e. The van der Waals surface area contributed by atoms with E-state index in [2.05, 4.69) is 13.8 Å². The van der Waals surface area contributed by atoms with Crippen molar-refractivity contribution in [1.29, 1.82) is 0 Å². The van der Waals surface area contributed by atoms with Crippen molar-refractivity contribution in [2.45, 2.75) is 53.2 Å². The number of hydrogen-bond donors (Lipinski definition) is 1. The molecule has 0 saturated heterocycles. The van der Waals surface area contributed by atoms with Crippen LogP contribution in [0.2, 0.25) is 0 Å². The highest BCUT2D eigenvalue weighted by Crippen LogP contribution is 2.20. The lowest BCUT2D eigenvalue weighted by atomic mass is 9.96. The van der Waals surface area contributed by atoms with Crippen LogP contribution in [0.5, 0.6) is 0 Å². The van der Waals surface area contributed by atoms with Crippen molar-refractivity contribution in [2.75, 3.05) is 0 Å². The van der Waals surface area contributed by atoms with Crippen molar-refractivity contribution in [1.82, 2.24) is 9.36 Å². The maximum atomic E-state index is 12.7. The molecule has 1 N–H and O–H groups in total. The minimum Gasteiger partial charge on any atom is -0.391 e. The molecule has 0 radical (unpaired) electrons. The van der Waals surface area contributed by atoms with Gasteiger partial charge in [-0.05, 0) is 31.4 Å². The lowest BCUT2D eigenvalue weighted by Crippen LogP contribution is -2.22. The molecule has 4 nitrogen and oxygen atoms in total. The van der Waals surface area contributed by atoms with E-state index in [1.54, 1.807) is 4.68 Å². The zero-order valence-corrected chi connectivity index (χ0v) is 13.7. The Morgan fingerprint density at radius 3 is 2.23 bits per heavy atom. The Labute approximate surface area is 132 Å². The first-order valence-electron chi connectivity index (χ1n) is 8.17. The fraction of sp³-hybridized carbons (Fsp3) is 0.500. The molecule has 1 heterocycles. The molecular formula is C18H26N2O2. The molecule has 120 valence electrons. The number of aliphatic hydroxyl groups is 1. The van der Waals surface area contributed by atoms with E-state index in [1.807, 2.05) is 41.9 Å². The Morgan fingerprint density at radius 1 is 1.09 bits per heavy atom. The summed E-state index contributed by atoms with van der Waals surface area (Å²) >= 11 is 0. The first kappa shape index (κ1) is 16.6. The largest absolute Gasteiger partial charge is 0.391 e. The smallest absolute Gasteiger partial charge is 0.277 e. The van der Waals surface area contributed by atoms with E-state index >= 15 is 0 Å². The van der Waals surface area contributed by atoms with Crippen LogP contribution in [-0.2, 0) is 19.6 Å². The minimum absolute atomic E-state index is 0.100. The third-order valence-electron chi connectivity index (χ3n) is 4.45. The molecule has 4 heteroatoms. The van der Waals surface area contributed by atoms with Gasteiger partial charge in [-0.25, -0.2) is 4.68 Å². The van der Waals surface area contributed by atoms with Gasteiger partial charge in [0.1, 0.15) is 0 Å². The van der Waals surface area contributed by atoms with Crippen LogP contribution in [0.25, 0.3) is 5.69 Å². The zero-order valence-electron chi connectivity index (χ0n) is 13.7. The summed E-state index contributed by atoms with van der Waals surface area (Å²) < 4.78 is 3.71. The topological polar surface area (TPSA) is 47.2 Å². The summed E-state index contributed by atoms with van der Waals surface area (Å²) in [6.07, 6.45) is 3.00. The Hall–Kier alpha value is -1.81. The molecule has 22 heavy (non-hydrogen) atoms. The summed E-state index contributed by atoms with van der Waals surface area (Å²) in [6.45, 7) is 6.90. The van der Waals surface area contributed by atoms with Gasteiger partial charge in [0.25, 0.3) is 5.56 Å². The highest BCUT2D eigenvalue weighted by molar-refractivity contribution is 5.33. The molecule has 0 fully saturated rings. The predicted octanol–water partition coefficient (Wildman–Crippen LogP) is 3.13. The van der Waals surface area contributed by atoms with Crippen LogP contribution < -0.4 is 5.56 Å². The van der Waals surface area contributed by atoms with Crippen LogP contribution in [0.4, 0.5) is 0 Å². The number of rotatable bonds is 7. The molecule has 0 atom stereocenters. The number of para-hydroxylation sites is 1. The van der Waals surface area contributed by atoms with Gasteiger partial charge in [0.2, 0.25) is 0 Å². The summed E-state index contributed by atoms with van der Waals surface area (Å²) in [4.78, 5) is 12.7. The van der Waals surface area contributed by atoms with Crippen LogP contribution in [0.1, 0.15) is 44.9 Å². The number of nitrogens with zero attached hydrogens (tertiary/aromatic N) is 2. The highest BCUT2D eigenvalue weighted by atomic mass is 16.3.